The lowest BCUT2D eigenvalue weighted by Crippen LogP contribution is -2.50. The number of ether oxygens (including phenoxy) is 2. The molecule has 1 aromatic heterocycles. The van der Waals surface area contributed by atoms with Crippen LogP contribution in [0.4, 0.5) is 0 Å². The summed E-state index contributed by atoms with van der Waals surface area (Å²) in [5.41, 5.74) is -0.874. The van der Waals surface area contributed by atoms with E-state index in [-0.39, 0.29) is 9.90 Å². The summed E-state index contributed by atoms with van der Waals surface area (Å²) in [5, 5.41) is 13.3. The summed E-state index contributed by atoms with van der Waals surface area (Å²) in [5.74, 6) is -0.750. The van der Waals surface area contributed by atoms with Gasteiger partial charge in [-0.05, 0) is 25.0 Å². The Morgan fingerprint density at radius 3 is 2.61 bits per heavy atom. The summed E-state index contributed by atoms with van der Waals surface area (Å²) in [7, 11) is 1.50. The highest BCUT2D eigenvalue weighted by Crippen LogP contribution is 2.43. The molecule has 0 spiro atoms. The quantitative estimate of drug-likeness (QED) is 0.679. The second-order valence-corrected chi connectivity index (χ2v) is 8.36. The molecule has 0 bridgehead atoms. The molecule has 9 heteroatoms. The normalized spacial score (nSPS) is 15.6. The lowest BCUT2D eigenvalue weighted by atomic mass is 9.83. The van der Waals surface area contributed by atoms with Gasteiger partial charge < -0.3 is 14.8 Å². The van der Waals surface area contributed by atoms with Crippen molar-refractivity contribution in [1.29, 1.82) is 5.26 Å². The van der Waals surface area contributed by atoms with Gasteiger partial charge in [-0.15, -0.1) is 11.3 Å². The van der Waals surface area contributed by atoms with Crippen LogP contribution < -0.4 is 10.1 Å². The third-order valence-corrected chi connectivity index (χ3v) is 6.94. The molecule has 1 aliphatic rings. The number of fused-ring (bicyclic) bond motifs is 1. The molecule has 1 heterocycles. The Morgan fingerprint density at radius 2 is 1.96 bits per heavy atom. The van der Waals surface area contributed by atoms with Crippen molar-refractivity contribution in [3.8, 4) is 11.8 Å². The molecule has 1 aliphatic carbocycles. The molecule has 6 nitrogen and oxygen atoms in total. The van der Waals surface area contributed by atoms with Crippen LogP contribution in [0.3, 0.4) is 0 Å². The number of nitrogens with zero attached hydrogens (tertiary/aromatic N) is 1. The van der Waals surface area contributed by atoms with Crippen molar-refractivity contribution in [3.63, 3.8) is 0 Å². The molecule has 1 N–H and O–H groups in total. The van der Waals surface area contributed by atoms with Gasteiger partial charge in [-0.3, -0.25) is 4.79 Å². The number of methoxy groups -OCH3 is 1. The van der Waals surface area contributed by atoms with Crippen LogP contribution in [0, 0.1) is 11.3 Å². The van der Waals surface area contributed by atoms with Crippen LogP contribution in [0.5, 0.6) is 5.75 Å². The maximum atomic E-state index is 12.4. The van der Waals surface area contributed by atoms with Crippen LogP contribution >= 0.6 is 34.5 Å². The fourth-order valence-electron chi connectivity index (χ4n) is 3.29. The average molecular weight is 441 g/mol. The number of rotatable bonds is 5. The second kappa shape index (κ2) is 8.56. The molecule has 1 fully saturated rings. The van der Waals surface area contributed by atoms with Crippen LogP contribution in [0.1, 0.15) is 41.8 Å². The molecule has 1 aromatic carbocycles. The van der Waals surface area contributed by atoms with Crippen molar-refractivity contribution in [2.24, 2.45) is 0 Å². The van der Waals surface area contributed by atoms with Crippen LogP contribution in [0.25, 0.3) is 10.1 Å². The first-order valence-electron chi connectivity index (χ1n) is 8.74. The summed E-state index contributed by atoms with van der Waals surface area (Å²) in [4.78, 5) is 24.8. The van der Waals surface area contributed by atoms with Gasteiger partial charge in [-0.25, -0.2) is 4.79 Å². The second-order valence-electron chi connectivity index (χ2n) is 6.58. The Bertz CT molecular complexity index is 961. The highest BCUT2D eigenvalue weighted by atomic mass is 35.5. The van der Waals surface area contributed by atoms with Crippen molar-refractivity contribution in [3.05, 3.63) is 27.1 Å². The zero-order valence-corrected chi connectivity index (χ0v) is 17.5. The zero-order chi connectivity index (χ0) is 20.3. The van der Waals surface area contributed by atoms with Gasteiger partial charge in [0.2, 0.25) is 0 Å². The van der Waals surface area contributed by atoms with Crippen molar-refractivity contribution in [1.82, 2.24) is 5.32 Å². The molecular weight excluding hydrogens is 423 g/mol. The van der Waals surface area contributed by atoms with Gasteiger partial charge in [0.1, 0.15) is 21.2 Å². The summed E-state index contributed by atoms with van der Waals surface area (Å²) in [6.07, 6.45) is 4.02. The number of carbonyl (C=O) groups is 2. The summed E-state index contributed by atoms with van der Waals surface area (Å²) >= 11 is 13.7. The van der Waals surface area contributed by atoms with Crippen molar-refractivity contribution in [2.75, 3.05) is 13.7 Å². The van der Waals surface area contributed by atoms with E-state index in [1.807, 2.05) is 0 Å². The zero-order valence-electron chi connectivity index (χ0n) is 15.1. The van der Waals surface area contributed by atoms with Gasteiger partial charge in [-0.2, -0.15) is 5.26 Å². The standard InChI is InChI=1S/C19H18Cl2N2O4S/c1-26-12-6-5-11-14(20)17(28-16(11)15(12)21)18(25)27-9-13(24)23-19(10-22)7-3-2-4-8-19/h5-6H,2-4,7-9H2,1H3,(H,23,24). The third-order valence-electron chi connectivity index (χ3n) is 4.74. The minimum Gasteiger partial charge on any atom is -0.495 e. The van der Waals surface area contributed by atoms with Gasteiger partial charge in [0.15, 0.2) is 6.61 Å². The highest BCUT2D eigenvalue weighted by Gasteiger charge is 2.34. The topological polar surface area (TPSA) is 88.4 Å². The monoisotopic (exact) mass is 440 g/mol. The number of halogens is 2. The lowest BCUT2D eigenvalue weighted by Gasteiger charge is -2.31. The van der Waals surface area contributed by atoms with Crippen LogP contribution in [-0.4, -0.2) is 31.1 Å². The smallest absolute Gasteiger partial charge is 0.350 e. The summed E-state index contributed by atoms with van der Waals surface area (Å²) < 4.78 is 10.9. The fraction of sp³-hybridized carbons (Fsp3) is 0.421. The van der Waals surface area contributed by atoms with Crippen molar-refractivity contribution in [2.45, 2.75) is 37.6 Å². The first kappa shape index (κ1) is 20.7. The molecule has 0 saturated heterocycles. The van der Waals surface area contributed by atoms with Crippen molar-refractivity contribution < 1.29 is 19.1 Å². The van der Waals surface area contributed by atoms with Gasteiger partial charge in [0.05, 0.1) is 22.9 Å². The lowest BCUT2D eigenvalue weighted by molar-refractivity contribution is -0.125. The number of thiophene rings is 1. The third kappa shape index (κ3) is 4.04. The minimum absolute atomic E-state index is 0.160. The van der Waals surface area contributed by atoms with E-state index in [0.29, 0.717) is 33.7 Å². The van der Waals surface area contributed by atoms with E-state index in [4.69, 9.17) is 32.7 Å². The molecular formula is C19H18Cl2N2O4S. The number of carbonyl (C=O) groups excluding carboxylic acids is 2. The highest BCUT2D eigenvalue weighted by molar-refractivity contribution is 7.22. The minimum atomic E-state index is -0.874. The Kier molecular flexibility index (Phi) is 6.33. The Hall–Kier alpha value is -2.01. The number of nitrogens with one attached hydrogen (secondary N) is 1. The largest absolute Gasteiger partial charge is 0.495 e. The molecule has 0 atom stereocenters. The van der Waals surface area contributed by atoms with Crippen molar-refractivity contribution >= 4 is 56.5 Å². The number of nitriles is 1. The van der Waals surface area contributed by atoms with E-state index >= 15 is 0 Å². The van der Waals surface area contributed by atoms with Crippen LogP contribution in [0.15, 0.2) is 12.1 Å². The number of benzene rings is 1. The van der Waals surface area contributed by atoms with E-state index in [0.717, 1.165) is 30.6 Å². The number of hydrogen-bond acceptors (Lipinski definition) is 6. The molecule has 148 valence electrons. The molecule has 0 aliphatic heterocycles. The Balaban J connectivity index is 1.69. The summed E-state index contributed by atoms with van der Waals surface area (Å²) in [6, 6.07) is 5.57. The fourth-order valence-corrected chi connectivity index (χ4v) is 5.07. The molecule has 1 saturated carbocycles. The maximum absolute atomic E-state index is 12.4. The molecule has 0 radical (unpaired) electrons. The number of esters is 1. The predicted octanol–water partition coefficient (Wildman–Crippen LogP) is 4.72. The number of amides is 1. The molecule has 2 aromatic rings. The predicted molar refractivity (Wildman–Crippen MR) is 108 cm³/mol. The van der Waals surface area contributed by atoms with E-state index in [9.17, 15) is 14.9 Å². The molecule has 3 rings (SSSR count). The van der Waals surface area contributed by atoms with Gasteiger partial charge >= 0.3 is 5.97 Å². The Labute approximate surface area is 176 Å². The van der Waals surface area contributed by atoms with E-state index in [2.05, 4.69) is 11.4 Å². The molecule has 0 unspecified atom stereocenters. The average Bonchev–Trinajstić information content (AvgIpc) is 3.05. The van der Waals surface area contributed by atoms with Crippen LogP contribution in [-0.2, 0) is 9.53 Å². The Morgan fingerprint density at radius 1 is 1.25 bits per heavy atom. The first-order valence-corrected chi connectivity index (χ1v) is 10.3. The van der Waals surface area contributed by atoms with Gasteiger partial charge in [-0.1, -0.05) is 42.5 Å². The first-order chi connectivity index (χ1) is 13.4. The van der Waals surface area contributed by atoms with Gasteiger partial charge in [0, 0.05) is 5.39 Å². The maximum Gasteiger partial charge on any atom is 0.350 e. The van der Waals surface area contributed by atoms with E-state index in [1.54, 1.807) is 12.1 Å². The van der Waals surface area contributed by atoms with E-state index in [1.165, 1.54) is 7.11 Å². The van der Waals surface area contributed by atoms with Gasteiger partial charge in [0.25, 0.3) is 5.91 Å². The molecule has 1 amide bonds. The molecule has 28 heavy (non-hydrogen) atoms. The number of hydrogen-bond donors (Lipinski definition) is 1. The SMILES string of the molecule is COc1ccc2c(Cl)c(C(=O)OCC(=O)NC3(C#N)CCCCC3)sc2c1Cl. The summed E-state index contributed by atoms with van der Waals surface area (Å²) in [6.45, 7) is -0.482. The van der Waals surface area contributed by atoms with E-state index < -0.39 is 24.0 Å². The van der Waals surface area contributed by atoms with Crippen LogP contribution in [0.2, 0.25) is 10.0 Å².